The third kappa shape index (κ3) is 3.69. The van der Waals surface area contributed by atoms with Gasteiger partial charge in [0.1, 0.15) is 0 Å². The molecule has 0 amide bonds. The monoisotopic (exact) mass is 214 g/mol. The molecule has 0 saturated heterocycles. The van der Waals surface area contributed by atoms with Gasteiger partial charge in [0.2, 0.25) is 0 Å². The largest absolute Gasteiger partial charge is 0.271 e. The number of nitrogens with zero attached hydrogens (tertiary/aromatic N) is 2. The van der Waals surface area contributed by atoms with Crippen LogP contribution in [0.4, 0.5) is 0 Å². The van der Waals surface area contributed by atoms with E-state index in [-0.39, 0.29) is 6.04 Å². The molecule has 1 unspecified atom stereocenters. The lowest BCUT2D eigenvalue weighted by atomic mass is 10.1. The smallest absolute Gasteiger partial charge is 0.0925 e. The minimum atomic E-state index is 0.172. The van der Waals surface area contributed by atoms with Crippen LogP contribution in [-0.4, -0.2) is 8.75 Å². The average Bonchev–Trinajstić information content (AvgIpc) is 2.71. The highest BCUT2D eigenvalue weighted by Crippen LogP contribution is 2.17. The van der Waals surface area contributed by atoms with Crippen molar-refractivity contribution in [2.24, 2.45) is 5.84 Å². The molecule has 14 heavy (non-hydrogen) atoms. The van der Waals surface area contributed by atoms with Crippen LogP contribution in [0.5, 0.6) is 0 Å². The van der Waals surface area contributed by atoms with Crippen LogP contribution in [0, 0.1) is 0 Å². The summed E-state index contributed by atoms with van der Waals surface area (Å²) in [6.07, 6.45) is 7.86. The maximum Gasteiger partial charge on any atom is 0.0925 e. The highest BCUT2D eigenvalue weighted by molar-refractivity contribution is 6.99. The van der Waals surface area contributed by atoms with Crippen molar-refractivity contribution in [3.8, 4) is 0 Å². The lowest BCUT2D eigenvalue weighted by Crippen LogP contribution is -2.28. The summed E-state index contributed by atoms with van der Waals surface area (Å²) in [6.45, 7) is 2.21. The molecule has 1 rings (SSSR count). The van der Waals surface area contributed by atoms with Gasteiger partial charge in [-0.15, -0.1) is 0 Å². The van der Waals surface area contributed by atoms with Crippen LogP contribution in [0.15, 0.2) is 6.20 Å². The lowest BCUT2D eigenvalue weighted by Gasteiger charge is -2.12. The van der Waals surface area contributed by atoms with Gasteiger partial charge in [-0.2, -0.15) is 8.75 Å². The maximum absolute atomic E-state index is 5.47. The van der Waals surface area contributed by atoms with Gasteiger partial charge >= 0.3 is 0 Å². The van der Waals surface area contributed by atoms with Crippen molar-refractivity contribution in [1.29, 1.82) is 0 Å². The van der Waals surface area contributed by atoms with E-state index in [1.807, 2.05) is 0 Å². The van der Waals surface area contributed by atoms with Crippen LogP contribution in [0.2, 0.25) is 0 Å². The Labute approximate surface area is 89.2 Å². The molecule has 4 nitrogen and oxygen atoms in total. The van der Waals surface area contributed by atoms with Crippen LogP contribution in [0.1, 0.15) is 50.8 Å². The Morgan fingerprint density at radius 1 is 1.50 bits per heavy atom. The Morgan fingerprint density at radius 2 is 2.36 bits per heavy atom. The molecule has 1 aromatic heterocycles. The first-order chi connectivity index (χ1) is 6.88. The van der Waals surface area contributed by atoms with Gasteiger partial charge in [0, 0.05) is 0 Å². The number of nitrogens with one attached hydrogen (secondary N) is 1. The van der Waals surface area contributed by atoms with Gasteiger partial charge in [-0.3, -0.25) is 11.3 Å². The molecule has 0 bridgehead atoms. The summed E-state index contributed by atoms with van der Waals surface area (Å²) in [5.41, 5.74) is 3.75. The Balaban J connectivity index is 2.26. The summed E-state index contributed by atoms with van der Waals surface area (Å²) in [4.78, 5) is 0. The van der Waals surface area contributed by atoms with Crippen LogP contribution < -0.4 is 11.3 Å². The number of aromatic nitrogens is 2. The number of unbranched alkanes of at least 4 members (excludes halogenated alkanes) is 3. The zero-order valence-electron chi connectivity index (χ0n) is 8.57. The van der Waals surface area contributed by atoms with E-state index >= 15 is 0 Å². The van der Waals surface area contributed by atoms with Gasteiger partial charge < -0.3 is 0 Å². The minimum Gasteiger partial charge on any atom is -0.271 e. The van der Waals surface area contributed by atoms with Gasteiger partial charge in [-0.1, -0.05) is 32.6 Å². The fourth-order valence-corrected chi connectivity index (χ4v) is 1.89. The quantitative estimate of drug-likeness (QED) is 0.414. The van der Waals surface area contributed by atoms with Crippen molar-refractivity contribution < 1.29 is 0 Å². The molecule has 0 saturated carbocycles. The molecule has 0 aliphatic heterocycles. The number of rotatable bonds is 7. The van der Waals surface area contributed by atoms with E-state index in [9.17, 15) is 0 Å². The molecular formula is C9H18N4S. The second kappa shape index (κ2) is 6.86. The second-order valence-electron chi connectivity index (χ2n) is 3.40. The molecule has 1 heterocycles. The average molecular weight is 214 g/mol. The zero-order valence-corrected chi connectivity index (χ0v) is 9.39. The summed E-state index contributed by atoms with van der Waals surface area (Å²) in [6, 6.07) is 0.172. The highest BCUT2D eigenvalue weighted by atomic mass is 32.1. The molecule has 0 fully saturated rings. The van der Waals surface area contributed by atoms with Gasteiger partial charge in [-0.05, 0) is 6.42 Å². The molecular weight excluding hydrogens is 196 g/mol. The molecule has 80 valence electrons. The van der Waals surface area contributed by atoms with Crippen molar-refractivity contribution in [2.75, 3.05) is 0 Å². The van der Waals surface area contributed by atoms with E-state index in [1.54, 1.807) is 6.20 Å². The van der Waals surface area contributed by atoms with Crippen LogP contribution in [0.3, 0.4) is 0 Å². The van der Waals surface area contributed by atoms with E-state index in [2.05, 4.69) is 21.1 Å². The zero-order chi connectivity index (χ0) is 10.2. The van der Waals surface area contributed by atoms with Gasteiger partial charge in [0.05, 0.1) is 29.7 Å². The van der Waals surface area contributed by atoms with Gasteiger partial charge in [0.25, 0.3) is 0 Å². The first kappa shape index (κ1) is 11.6. The number of hydrazine groups is 1. The van der Waals surface area contributed by atoms with E-state index in [0.29, 0.717) is 0 Å². The number of hydrogen-bond donors (Lipinski definition) is 2. The lowest BCUT2D eigenvalue weighted by molar-refractivity contribution is 0.475. The Bertz CT molecular complexity index is 225. The molecule has 5 heteroatoms. The normalized spacial score (nSPS) is 13.0. The van der Waals surface area contributed by atoms with E-state index in [0.717, 1.165) is 12.1 Å². The first-order valence-corrected chi connectivity index (χ1v) is 5.85. The van der Waals surface area contributed by atoms with Gasteiger partial charge in [0.15, 0.2) is 0 Å². The summed E-state index contributed by atoms with van der Waals surface area (Å²) in [5, 5.41) is 0. The second-order valence-corrected chi connectivity index (χ2v) is 3.96. The minimum absolute atomic E-state index is 0.172. The summed E-state index contributed by atoms with van der Waals surface area (Å²) >= 11 is 1.23. The van der Waals surface area contributed by atoms with Crippen molar-refractivity contribution in [1.82, 2.24) is 14.2 Å². The van der Waals surface area contributed by atoms with Crippen LogP contribution in [-0.2, 0) is 0 Å². The predicted molar refractivity (Wildman–Crippen MR) is 58.7 cm³/mol. The van der Waals surface area contributed by atoms with Crippen molar-refractivity contribution in [3.63, 3.8) is 0 Å². The molecule has 0 aromatic carbocycles. The van der Waals surface area contributed by atoms with E-state index in [4.69, 9.17) is 5.84 Å². The molecule has 0 spiro atoms. The predicted octanol–water partition coefficient (Wildman–Crippen LogP) is 2.01. The SMILES string of the molecule is CCCCCCC(NN)c1cnsn1. The molecule has 1 aromatic rings. The van der Waals surface area contributed by atoms with Crippen molar-refractivity contribution in [3.05, 3.63) is 11.9 Å². The first-order valence-electron chi connectivity index (χ1n) is 5.12. The topological polar surface area (TPSA) is 63.8 Å². The standard InChI is InChI=1S/C9H18N4S/c1-2-3-4-5-6-8(12-10)9-7-11-14-13-9/h7-8,12H,2-6,10H2,1H3. The Morgan fingerprint density at radius 3 is 2.93 bits per heavy atom. The van der Waals surface area contributed by atoms with Crippen molar-refractivity contribution >= 4 is 11.7 Å². The molecule has 1 atom stereocenters. The summed E-state index contributed by atoms with van der Waals surface area (Å²) in [5.74, 6) is 5.47. The highest BCUT2D eigenvalue weighted by Gasteiger charge is 2.11. The van der Waals surface area contributed by atoms with E-state index in [1.165, 1.54) is 37.4 Å². The number of nitrogens with two attached hydrogens (primary N) is 1. The van der Waals surface area contributed by atoms with Gasteiger partial charge in [-0.25, -0.2) is 0 Å². The third-order valence-electron chi connectivity index (χ3n) is 2.28. The fraction of sp³-hybridized carbons (Fsp3) is 0.778. The molecule has 0 aliphatic rings. The molecule has 0 radical (unpaired) electrons. The van der Waals surface area contributed by atoms with E-state index < -0.39 is 0 Å². The summed E-state index contributed by atoms with van der Waals surface area (Å²) < 4.78 is 8.14. The van der Waals surface area contributed by atoms with Crippen LogP contribution >= 0.6 is 11.7 Å². The van der Waals surface area contributed by atoms with Crippen molar-refractivity contribution in [2.45, 2.75) is 45.1 Å². The Hall–Kier alpha value is -0.520. The Kier molecular flexibility index (Phi) is 5.66. The fourth-order valence-electron chi connectivity index (χ4n) is 1.42. The maximum atomic E-state index is 5.47. The third-order valence-corrected chi connectivity index (χ3v) is 2.78. The molecule has 3 N–H and O–H groups in total. The molecule has 0 aliphatic carbocycles. The summed E-state index contributed by atoms with van der Waals surface area (Å²) in [7, 11) is 0. The number of hydrogen-bond acceptors (Lipinski definition) is 5. The van der Waals surface area contributed by atoms with Crippen LogP contribution in [0.25, 0.3) is 0 Å².